The van der Waals surface area contributed by atoms with Gasteiger partial charge in [0.15, 0.2) is 17.7 Å². The summed E-state index contributed by atoms with van der Waals surface area (Å²) in [6, 6.07) is 0. The molecule has 0 aliphatic heterocycles. The lowest BCUT2D eigenvalue weighted by molar-refractivity contribution is -0.135. The summed E-state index contributed by atoms with van der Waals surface area (Å²) in [4.78, 5) is 22.2. The maximum absolute atomic E-state index is 11.2. The van der Waals surface area contributed by atoms with Crippen molar-refractivity contribution in [2.75, 3.05) is 12.4 Å². The predicted octanol–water partition coefficient (Wildman–Crippen LogP) is 0.554. The summed E-state index contributed by atoms with van der Waals surface area (Å²) in [6.45, 7) is 0. The van der Waals surface area contributed by atoms with Crippen LogP contribution >= 0.6 is 15.9 Å². The van der Waals surface area contributed by atoms with Gasteiger partial charge in [0.2, 0.25) is 0 Å². The summed E-state index contributed by atoms with van der Waals surface area (Å²) in [5.41, 5.74) is 0. The number of carbonyl (C=O) groups is 2. The second-order valence-electron chi connectivity index (χ2n) is 2.54. The number of methoxy groups -OCH3 is 1. The first kappa shape index (κ1) is 8.87. The Kier molecular flexibility index (Phi) is 2.78. The second-order valence-corrected chi connectivity index (χ2v) is 3.19. The summed E-state index contributed by atoms with van der Waals surface area (Å²) in [7, 11) is 1.39. The van der Waals surface area contributed by atoms with Crippen molar-refractivity contribution >= 4 is 27.5 Å². The van der Waals surface area contributed by atoms with Crippen molar-refractivity contribution in [3.05, 3.63) is 0 Å². The minimum Gasteiger partial charge on any atom is -0.366 e. The minimum atomic E-state index is -0.794. The Morgan fingerprint density at radius 1 is 1.64 bits per heavy atom. The molecule has 2 atom stereocenters. The number of ketones is 2. The highest BCUT2D eigenvalue weighted by Gasteiger charge is 2.40. The summed E-state index contributed by atoms with van der Waals surface area (Å²) in [5, 5.41) is 0.553. The van der Waals surface area contributed by atoms with Gasteiger partial charge in [-0.15, -0.1) is 0 Å². The van der Waals surface area contributed by atoms with E-state index in [4.69, 9.17) is 4.74 Å². The highest BCUT2D eigenvalue weighted by molar-refractivity contribution is 9.09. The molecule has 0 radical (unpaired) electrons. The number of halogens is 1. The maximum atomic E-state index is 11.2. The molecule has 0 bridgehead atoms. The maximum Gasteiger partial charge on any atom is 0.174 e. The van der Waals surface area contributed by atoms with Gasteiger partial charge in [0.05, 0.1) is 0 Å². The van der Waals surface area contributed by atoms with Crippen LogP contribution in [0.1, 0.15) is 6.42 Å². The van der Waals surface area contributed by atoms with Gasteiger partial charge >= 0.3 is 0 Å². The number of Topliss-reactive ketones (excluding diaryl/α,β-unsaturated/α-hetero) is 2. The Balaban J connectivity index is 2.71. The van der Waals surface area contributed by atoms with Crippen molar-refractivity contribution in [3.63, 3.8) is 0 Å². The van der Waals surface area contributed by atoms with E-state index in [1.54, 1.807) is 0 Å². The molecule has 62 valence electrons. The molecular weight excluding hydrogens is 212 g/mol. The smallest absolute Gasteiger partial charge is 0.174 e. The van der Waals surface area contributed by atoms with E-state index in [0.717, 1.165) is 0 Å². The molecule has 0 amide bonds. The van der Waals surface area contributed by atoms with Gasteiger partial charge in [-0.1, -0.05) is 15.9 Å². The summed E-state index contributed by atoms with van der Waals surface area (Å²) < 4.78 is 4.75. The van der Waals surface area contributed by atoms with Crippen LogP contribution in [-0.2, 0) is 14.3 Å². The largest absolute Gasteiger partial charge is 0.366 e. The molecule has 1 aliphatic rings. The first-order chi connectivity index (χ1) is 5.20. The summed E-state index contributed by atoms with van der Waals surface area (Å²) in [5.74, 6) is -0.358. The molecule has 3 nitrogen and oxygen atoms in total. The molecule has 4 heteroatoms. The summed E-state index contributed by atoms with van der Waals surface area (Å²) in [6.07, 6.45) is -0.472. The fraction of sp³-hybridized carbons (Fsp3) is 0.714. The van der Waals surface area contributed by atoms with Gasteiger partial charge < -0.3 is 4.74 Å². The molecule has 0 heterocycles. The topological polar surface area (TPSA) is 43.4 Å². The van der Waals surface area contributed by atoms with Crippen molar-refractivity contribution in [3.8, 4) is 0 Å². The normalized spacial score (nSPS) is 31.5. The molecule has 0 aromatic rings. The zero-order valence-corrected chi connectivity index (χ0v) is 7.76. The molecule has 1 saturated carbocycles. The molecule has 0 aromatic heterocycles. The van der Waals surface area contributed by atoms with Gasteiger partial charge in [-0.3, -0.25) is 9.59 Å². The van der Waals surface area contributed by atoms with Gasteiger partial charge in [0, 0.05) is 24.8 Å². The van der Waals surface area contributed by atoms with E-state index < -0.39 is 6.10 Å². The average molecular weight is 221 g/mol. The lowest BCUT2D eigenvalue weighted by Gasteiger charge is -2.03. The van der Waals surface area contributed by atoms with Crippen LogP contribution in [0.5, 0.6) is 0 Å². The number of hydrogen-bond acceptors (Lipinski definition) is 3. The van der Waals surface area contributed by atoms with Crippen LogP contribution in [0.15, 0.2) is 0 Å². The SMILES string of the molecule is CO[C@@H]1C(=O)CC(CBr)C1=O. The third-order valence-corrected chi connectivity index (χ3v) is 2.60. The molecule has 0 spiro atoms. The Bertz CT molecular complexity index is 190. The van der Waals surface area contributed by atoms with Crippen molar-refractivity contribution in [2.45, 2.75) is 12.5 Å². The van der Waals surface area contributed by atoms with E-state index in [1.165, 1.54) is 7.11 Å². The van der Waals surface area contributed by atoms with E-state index in [-0.39, 0.29) is 17.5 Å². The van der Waals surface area contributed by atoms with E-state index in [1.807, 2.05) is 0 Å². The third-order valence-electron chi connectivity index (χ3n) is 1.82. The number of ether oxygens (including phenoxy) is 1. The lowest BCUT2D eigenvalue weighted by Crippen LogP contribution is -2.25. The van der Waals surface area contributed by atoms with Crippen LogP contribution in [0.4, 0.5) is 0 Å². The van der Waals surface area contributed by atoms with Gasteiger partial charge in [-0.2, -0.15) is 0 Å². The highest BCUT2D eigenvalue weighted by Crippen LogP contribution is 2.22. The lowest BCUT2D eigenvalue weighted by atomic mass is 10.1. The fourth-order valence-electron chi connectivity index (χ4n) is 1.20. The fourth-order valence-corrected chi connectivity index (χ4v) is 1.75. The van der Waals surface area contributed by atoms with E-state index in [9.17, 15) is 9.59 Å². The first-order valence-corrected chi connectivity index (χ1v) is 4.48. The van der Waals surface area contributed by atoms with Crippen LogP contribution in [0.2, 0.25) is 0 Å². The first-order valence-electron chi connectivity index (χ1n) is 3.36. The average Bonchev–Trinajstić information content (AvgIpc) is 2.26. The molecule has 0 N–H and O–H groups in total. The van der Waals surface area contributed by atoms with Gasteiger partial charge in [0.25, 0.3) is 0 Å². The molecule has 1 aliphatic carbocycles. The molecule has 1 unspecified atom stereocenters. The Morgan fingerprint density at radius 3 is 2.55 bits per heavy atom. The molecule has 11 heavy (non-hydrogen) atoms. The van der Waals surface area contributed by atoms with Crippen LogP contribution in [0, 0.1) is 5.92 Å². The standard InChI is InChI=1S/C7H9BrO3/c1-11-7-5(9)2-4(3-8)6(7)10/h4,7H,2-3H2,1H3/t4?,7-/m1/s1. The molecule has 0 saturated heterocycles. The molecular formula is C7H9BrO3. The second kappa shape index (κ2) is 3.45. The highest BCUT2D eigenvalue weighted by atomic mass is 79.9. The zero-order chi connectivity index (χ0) is 8.43. The van der Waals surface area contributed by atoms with Crippen molar-refractivity contribution in [1.82, 2.24) is 0 Å². The third kappa shape index (κ3) is 1.51. The Morgan fingerprint density at radius 2 is 2.27 bits per heavy atom. The van der Waals surface area contributed by atoms with Gasteiger partial charge in [0.1, 0.15) is 0 Å². The van der Waals surface area contributed by atoms with E-state index in [2.05, 4.69) is 15.9 Å². The van der Waals surface area contributed by atoms with Gasteiger partial charge in [-0.05, 0) is 0 Å². The van der Waals surface area contributed by atoms with Crippen LogP contribution in [-0.4, -0.2) is 30.1 Å². The Hall–Kier alpha value is -0.220. The van der Waals surface area contributed by atoms with Crippen LogP contribution < -0.4 is 0 Å². The zero-order valence-electron chi connectivity index (χ0n) is 6.17. The molecule has 1 fully saturated rings. The van der Waals surface area contributed by atoms with Crippen LogP contribution in [0.3, 0.4) is 0 Å². The number of alkyl halides is 1. The molecule has 1 rings (SSSR count). The number of hydrogen-bond donors (Lipinski definition) is 0. The van der Waals surface area contributed by atoms with Crippen molar-refractivity contribution in [2.24, 2.45) is 5.92 Å². The Labute approximate surface area is 73.2 Å². The number of rotatable bonds is 2. The van der Waals surface area contributed by atoms with E-state index >= 15 is 0 Å². The number of carbonyl (C=O) groups excluding carboxylic acids is 2. The van der Waals surface area contributed by atoms with Crippen LogP contribution in [0.25, 0.3) is 0 Å². The van der Waals surface area contributed by atoms with Crippen molar-refractivity contribution < 1.29 is 14.3 Å². The van der Waals surface area contributed by atoms with Crippen molar-refractivity contribution in [1.29, 1.82) is 0 Å². The minimum absolute atomic E-state index is 0.0885. The molecule has 0 aromatic carbocycles. The monoisotopic (exact) mass is 220 g/mol. The summed E-state index contributed by atoms with van der Waals surface area (Å²) >= 11 is 3.17. The quantitative estimate of drug-likeness (QED) is 0.505. The van der Waals surface area contributed by atoms with Gasteiger partial charge in [-0.25, -0.2) is 0 Å². The van der Waals surface area contributed by atoms with E-state index in [0.29, 0.717) is 11.8 Å². The predicted molar refractivity (Wildman–Crippen MR) is 42.7 cm³/mol.